The molecule has 1 aromatic rings. The summed E-state index contributed by atoms with van der Waals surface area (Å²) in [6.07, 6.45) is 2.66. The molecular weight excluding hydrogens is 308 g/mol. The van der Waals surface area contributed by atoms with Crippen LogP contribution >= 0.6 is 0 Å². The van der Waals surface area contributed by atoms with Crippen LogP contribution in [0.1, 0.15) is 47.2 Å². The molecule has 1 rings (SSSR count). The van der Waals surface area contributed by atoms with Crippen molar-refractivity contribution in [1.82, 2.24) is 20.3 Å². The molecule has 1 amide bonds. The molecule has 7 heteroatoms. The first-order valence-electron chi connectivity index (χ1n) is 8.47. The number of aromatic nitrogens is 3. The molecule has 1 aromatic heterocycles. The molecular formula is C17H32N4O3. The lowest BCUT2D eigenvalue weighted by Gasteiger charge is -2.18. The fourth-order valence-corrected chi connectivity index (χ4v) is 1.79. The first kappa shape index (κ1) is 20.6. The summed E-state index contributed by atoms with van der Waals surface area (Å²) in [6.45, 7) is 14.6. The second kappa shape index (κ2) is 9.13. The Morgan fingerprint density at radius 3 is 2.50 bits per heavy atom. The minimum absolute atomic E-state index is 0.0319. The van der Waals surface area contributed by atoms with E-state index in [1.807, 2.05) is 47.7 Å². The number of nitrogens with one attached hydrogen (secondary N) is 1. The lowest BCUT2D eigenvalue weighted by atomic mass is 9.96. The third kappa shape index (κ3) is 8.98. The summed E-state index contributed by atoms with van der Waals surface area (Å²) in [5.74, 6) is 0.0319. The summed E-state index contributed by atoms with van der Waals surface area (Å²) in [5.41, 5.74) is 0.414. The van der Waals surface area contributed by atoms with Gasteiger partial charge in [0.15, 0.2) is 0 Å². The maximum absolute atomic E-state index is 11.7. The summed E-state index contributed by atoms with van der Waals surface area (Å²) in [6, 6.07) is 0. The minimum Gasteiger partial charge on any atom is -0.378 e. The highest BCUT2D eigenvalue weighted by atomic mass is 16.5. The second-order valence-corrected chi connectivity index (χ2v) is 7.80. The Bertz CT molecular complexity index is 501. The molecule has 0 spiro atoms. The van der Waals surface area contributed by atoms with Gasteiger partial charge in [-0.3, -0.25) is 4.79 Å². The average Bonchev–Trinajstić information content (AvgIpc) is 2.87. The van der Waals surface area contributed by atoms with Crippen LogP contribution < -0.4 is 5.32 Å². The van der Waals surface area contributed by atoms with E-state index in [-0.39, 0.29) is 16.9 Å². The Morgan fingerprint density at radius 1 is 1.17 bits per heavy atom. The standard InChI is InChI=1S/C17H32N4O3/c1-16(2,3)15(22)18-8-11-23-12-9-21-13-14(19-20-21)7-10-24-17(4,5)6/h13H,7-12H2,1-6H3,(H,18,22). The van der Waals surface area contributed by atoms with Crippen LogP contribution in [0.4, 0.5) is 0 Å². The predicted molar refractivity (Wildman–Crippen MR) is 92.7 cm³/mol. The van der Waals surface area contributed by atoms with Crippen molar-refractivity contribution in [2.45, 2.75) is 60.1 Å². The predicted octanol–water partition coefficient (Wildman–Crippen LogP) is 1.81. The molecule has 0 fully saturated rings. The van der Waals surface area contributed by atoms with E-state index in [0.717, 1.165) is 12.1 Å². The zero-order chi connectivity index (χ0) is 18.2. The van der Waals surface area contributed by atoms with Crippen molar-refractivity contribution in [1.29, 1.82) is 0 Å². The zero-order valence-corrected chi connectivity index (χ0v) is 15.9. The van der Waals surface area contributed by atoms with Gasteiger partial charge in [0.1, 0.15) is 0 Å². The lowest BCUT2D eigenvalue weighted by molar-refractivity contribution is -0.128. The summed E-state index contributed by atoms with van der Waals surface area (Å²) in [7, 11) is 0. The van der Waals surface area contributed by atoms with E-state index in [0.29, 0.717) is 32.9 Å². The van der Waals surface area contributed by atoms with Crippen LogP contribution in [-0.2, 0) is 27.2 Å². The second-order valence-electron chi connectivity index (χ2n) is 7.80. The topological polar surface area (TPSA) is 78.3 Å². The van der Waals surface area contributed by atoms with Crippen molar-refractivity contribution in [2.75, 3.05) is 26.4 Å². The monoisotopic (exact) mass is 340 g/mol. The Morgan fingerprint density at radius 2 is 1.88 bits per heavy atom. The van der Waals surface area contributed by atoms with Gasteiger partial charge in [-0.1, -0.05) is 26.0 Å². The molecule has 0 atom stereocenters. The normalized spacial score (nSPS) is 12.4. The smallest absolute Gasteiger partial charge is 0.225 e. The van der Waals surface area contributed by atoms with E-state index in [1.165, 1.54) is 0 Å². The molecule has 0 aromatic carbocycles. The van der Waals surface area contributed by atoms with Gasteiger partial charge in [-0.15, -0.1) is 5.10 Å². The molecule has 0 saturated heterocycles. The van der Waals surface area contributed by atoms with E-state index in [1.54, 1.807) is 4.68 Å². The van der Waals surface area contributed by atoms with Gasteiger partial charge in [-0.05, 0) is 20.8 Å². The van der Waals surface area contributed by atoms with Gasteiger partial charge in [0.25, 0.3) is 0 Å². The molecule has 7 nitrogen and oxygen atoms in total. The molecule has 1 heterocycles. The van der Waals surface area contributed by atoms with Crippen molar-refractivity contribution in [3.63, 3.8) is 0 Å². The number of ether oxygens (including phenoxy) is 2. The summed E-state index contributed by atoms with van der Waals surface area (Å²) in [5, 5.41) is 11.0. The van der Waals surface area contributed by atoms with E-state index in [2.05, 4.69) is 15.6 Å². The number of nitrogens with zero attached hydrogens (tertiary/aromatic N) is 3. The molecule has 1 N–H and O–H groups in total. The molecule has 138 valence electrons. The quantitative estimate of drug-likeness (QED) is 0.694. The van der Waals surface area contributed by atoms with Crippen LogP contribution in [0, 0.1) is 5.41 Å². The SMILES string of the molecule is CC(C)(C)OCCc1cn(CCOCCNC(=O)C(C)(C)C)nn1. The van der Waals surface area contributed by atoms with Crippen molar-refractivity contribution < 1.29 is 14.3 Å². The van der Waals surface area contributed by atoms with Crippen LogP contribution in [0.15, 0.2) is 6.20 Å². The maximum Gasteiger partial charge on any atom is 0.225 e. The number of carbonyl (C=O) groups excluding carboxylic acids is 1. The Labute approximate surface area is 145 Å². The van der Waals surface area contributed by atoms with Crippen LogP contribution in [-0.4, -0.2) is 52.9 Å². The highest BCUT2D eigenvalue weighted by molar-refractivity contribution is 5.81. The maximum atomic E-state index is 11.7. The largest absolute Gasteiger partial charge is 0.378 e. The fraction of sp³-hybridized carbons (Fsp3) is 0.824. The van der Waals surface area contributed by atoms with Crippen LogP contribution in [0.5, 0.6) is 0 Å². The van der Waals surface area contributed by atoms with Gasteiger partial charge in [-0.25, -0.2) is 4.68 Å². The van der Waals surface area contributed by atoms with E-state index in [9.17, 15) is 4.79 Å². The zero-order valence-electron chi connectivity index (χ0n) is 15.9. The molecule has 0 radical (unpaired) electrons. The van der Waals surface area contributed by atoms with Crippen molar-refractivity contribution in [3.8, 4) is 0 Å². The third-order valence-corrected chi connectivity index (χ3v) is 3.16. The average molecular weight is 340 g/mol. The van der Waals surface area contributed by atoms with Gasteiger partial charge in [-0.2, -0.15) is 0 Å². The van der Waals surface area contributed by atoms with Gasteiger partial charge >= 0.3 is 0 Å². The molecule has 0 aliphatic heterocycles. The number of carbonyl (C=O) groups is 1. The van der Waals surface area contributed by atoms with E-state index in [4.69, 9.17) is 9.47 Å². The first-order chi connectivity index (χ1) is 11.1. The summed E-state index contributed by atoms with van der Waals surface area (Å²) in [4.78, 5) is 11.7. The lowest BCUT2D eigenvalue weighted by Crippen LogP contribution is -2.36. The summed E-state index contributed by atoms with van der Waals surface area (Å²) < 4.78 is 12.9. The highest BCUT2D eigenvalue weighted by Crippen LogP contribution is 2.11. The molecule has 0 aliphatic rings. The van der Waals surface area contributed by atoms with Gasteiger partial charge in [0.05, 0.1) is 37.7 Å². The number of amides is 1. The van der Waals surface area contributed by atoms with Crippen molar-refractivity contribution in [3.05, 3.63) is 11.9 Å². The molecule has 0 aliphatic carbocycles. The van der Waals surface area contributed by atoms with Crippen molar-refractivity contribution >= 4 is 5.91 Å². The fourth-order valence-electron chi connectivity index (χ4n) is 1.79. The van der Waals surface area contributed by atoms with Crippen LogP contribution in [0.2, 0.25) is 0 Å². The molecule has 0 bridgehead atoms. The van der Waals surface area contributed by atoms with Gasteiger partial charge in [0, 0.05) is 24.6 Å². The van der Waals surface area contributed by atoms with Crippen LogP contribution in [0.3, 0.4) is 0 Å². The highest BCUT2D eigenvalue weighted by Gasteiger charge is 2.20. The summed E-state index contributed by atoms with van der Waals surface area (Å²) >= 11 is 0. The third-order valence-electron chi connectivity index (χ3n) is 3.16. The van der Waals surface area contributed by atoms with Gasteiger partial charge < -0.3 is 14.8 Å². The number of rotatable bonds is 9. The van der Waals surface area contributed by atoms with Gasteiger partial charge in [0.2, 0.25) is 5.91 Å². The number of hydrogen-bond acceptors (Lipinski definition) is 5. The Kier molecular flexibility index (Phi) is 7.83. The van der Waals surface area contributed by atoms with Crippen molar-refractivity contribution in [2.24, 2.45) is 5.41 Å². The minimum atomic E-state index is -0.367. The molecule has 0 saturated carbocycles. The molecule has 24 heavy (non-hydrogen) atoms. The van der Waals surface area contributed by atoms with E-state index < -0.39 is 0 Å². The Balaban J connectivity index is 2.13. The van der Waals surface area contributed by atoms with E-state index >= 15 is 0 Å². The Hall–Kier alpha value is -1.47. The molecule has 0 unspecified atom stereocenters. The van der Waals surface area contributed by atoms with Crippen LogP contribution in [0.25, 0.3) is 0 Å². The number of hydrogen-bond donors (Lipinski definition) is 1. The first-order valence-corrected chi connectivity index (χ1v) is 8.47.